The SMILES string of the molecule is [O]C1CCN(C2CCCC2F)CC1. The lowest BCUT2D eigenvalue weighted by Crippen LogP contribution is -2.44. The normalized spacial score (nSPS) is 38.3. The third-order valence-corrected chi connectivity index (χ3v) is 3.34. The summed E-state index contributed by atoms with van der Waals surface area (Å²) in [4.78, 5) is 2.19. The number of alkyl halides is 1. The van der Waals surface area contributed by atoms with Crippen LogP contribution >= 0.6 is 0 Å². The monoisotopic (exact) mass is 186 g/mol. The topological polar surface area (TPSA) is 23.1 Å². The van der Waals surface area contributed by atoms with Gasteiger partial charge in [0.1, 0.15) is 6.17 Å². The summed E-state index contributed by atoms with van der Waals surface area (Å²) in [5, 5.41) is 11.1. The molecule has 13 heavy (non-hydrogen) atoms. The lowest BCUT2D eigenvalue weighted by atomic mass is 10.0. The third-order valence-electron chi connectivity index (χ3n) is 3.34. The molecule has 0 spiro atoms. The molecule has 1 heterocycles. The molecule has 0 bridgehead atoms. The van der Waals surface area contributed by atoms with Gasteiger partial charge in [-0.25, -0.2) is 9.50 Å². The van der Waals surface area contributed by atoms with Crippen LogP contribution in [0.15, 0.2) is 0 Å². The third kappa shape index (κ3) is 2.02. The maximum Gasteiger partial charge on any atom is 0.116 e. The van der Waals surface area contributed by atoms with E-state index in [1.54, 1.807) is 0 Å². The van der Waals surface area contributed by atoms with E-state index in [1.165, 1.54) is 0 Å². The highest BCUT2D eigenvalue weighted by molar-refractivity contribution is 4.87. The van der Waals surface area contributed by atoms with Crippen molar-refractivity contribution < 1.29 is 9.50 Å². The fourth-order valence-corrected chi connectivity index (χ4v) is 2.51. The molecule has 2 nitrogen and oxygen atoms in total. The molecule has 1 aliphatic heterocycles. The Morgan fingerprint density at radius 2 is 1.77 bits per heavy atom. The van der Waals surface area contributed by atoms with Crippen molar-refractivity contribution in [2.75, 3.05) is 13.1 Å². The smallest absolute Gasteiger partial charge is 0.116 e. The molecule has 0 aromatic rings. The second-order valence-corrected chi connectivity index (χ2v) is 4.25. The molecule has 2 unspecified atom stereocenters. The largest absolute Gasteiger partial charge is 0.297 e. The van der Waals surface area contributed by atoms with Crippen LogP contribution in [0.3, 0.4) is 0 Å². The zero-order valence-electron chi connectivity index (χ0n) is 7.92. The first-order chi connectivity index (χ1) is 6.27. The Morgan fingerprint density at radius 1 is 1.08 bits per heavy atom. The van der Waals surface area contributed by atoms with E-state index in [1.807, 2.05) is 0 Å². The van der Waals surface area contributed by atoms with Crippen molar-refractivity contribution in [1.82, 2.24) is 4.90 Å². The minimum Gasteiger partial charge on any atom is -0.297 e. The van der Waals surface area contributed by atoms with E-state index < -0.39 is 12.3 Å². The van der Waals surface area contributed by atoms with Gasteiger partial charge in [-0.1, -0.05) is 0 Å². The van der Waals surface area contributed by atoms with Crippen molar-refractivity contribution in [1.29, 1.82) is 0 Å². The predicted molar refractivity (Wildman–Crippen MR) is 47.8 cm³/mol. The first-order valence-corrected chi connectivity index (χ1v) is 5.31. The lowest BCUT2D eigenvalue weighted by Gasteiger charge is -2.34. The first kappa shape index (κ1) is 9.41. The van der Waals surface area contributed by atoms with Gasteiger partial charge in [-0.2, -0.15) is 0 Å². The van der Waals surface area contributed by atoms with Crippen molar-refractivity contribution in [2.45, 2.75) is 50.4 Å². The van der Waals surface area contributed by atoms with Crippen molar-refractivity contribution in [3.8, 4) is 0 Å². The molecule has 0 N–H and O–H groups in total. The number of likely N-dealkylation sites (tertiary alicyclic amines) is 1. The predicted octanol–water partition coefficient (Wildman–Crippen LogP) is 1.77. The molecule has 2 aliphatic rings. The molecule has 1 saturated heterocycles. The molecular weight excluding hydrogens is 169 g/mol. The first-order valence-electron chi connectivity index (χ1n) is 5.31. The Labute approximate surface area is 78.7 Å². The Balaban J connectivity index is 1.86. The van der Waals surface area contributed by atoms with Gasteiger partial charge in [-0.15, -0.1) is 0 Å². The Kier molecular flexibility index (Phi) is 2.84. The van der Waals surface area contributed by atoms with Crippen LogP contribution in [0.1, 0.15) is 32.1 Å². The summed E-state index contributed by atoms with van der Waals surface area (Å²) in [5.41, 5.74) is 0. The number of halogens is 1. The molecule has 1 radical (unpaired) electrons. The van der Waals surface area contributed by atoms with Crippen molar-refractivity contribution in [3.63, 3.8) is 0 Å². The summed E-state index contributed by atoms with van der Waals surface area (Å²) in [6.07, 6.45) is 3.13. The molecular formula is C10H17FNO. The van der Waals surface area contributed by atoms with Gasteiger partial charge in [0.2, 0.25) is 0 Å². The van der Waals surface area contributed by atoms with E-state index in [0.717, 1.165) is 32.4 Å². The van der Waals surface area contributed by atoms with E-state index >= 15 is 0 Å². The average molecular weight is 186 g/mol. The zero-order chi connectivity index (χ0) is 9.26. The fourth-order valence-electron chi connectivity index (χ4n) is 2.51. The molecule has 2 atom stereocenters. The molecule has 2 rings (SSSR count). The number of rotatable bonds is 1. The number of hydrogen-bond acceptors (Lipinski definition) is 1. The maximum absolute atomic E-state index is 13.3. The van der Waals surface area contributed by atoms with Gasteiger partial charge in [0.15, 0.2) is 0 Å². The average Bonchev–Trinajstić information content (AvgIpc) is 2.53. The second kappa shape index (κ2) is 3.93. The summed E-state index contributed by atoms with van der Waals surface area (Å²) >= 11 is 0. The van der Waals surface area contributed by atoms with E-state index in [-0.39, 0.29) is 6.04 Å². The highest BCUT2D eigenvalue weighted by Gasteiger charge is 2.33. The van der Waals surface area contributed by atoms with Crippen LogP contribution in [0.4, 0.5) is 4.39 Å². The van der Waals surface area contributed by atoms with Crippen LogP contribution in [0.2, 0.25) is 0 Å². The molecule has 1 aliphatic carbocycles. The van der Waals surface area contributed by atoms with E-state index in [4.69, 9.17) is 0 Å². The molecule has 0 amide bonds. The van der Waals surface area contributed by atoms with E-state index in [9.17, 15) is 9.50 Å². The molecule has 3 heteroatoms. The highest BCUT2D eigenvalue weighted by Crippen LogP contribution is 2.28. The molecule has 2 fully saturated rings. The number of nitrogens with zero attached hydrogens (tertiary/aromatic N) is 1. The van der Waals surface area contributed by atoms with Crippen LogP contribution in [0.5, 0.6) is 0 Å². The van der Waals surface area contributed by atoms with Crippen LogP contribution in [-0.2, 0) is 5.11 Å². The van der Waals surface area contributed by atoms with Gasteiger partial charge in [-0.3, -0.25) is 4.90 Å². The quantitative estimate of drug-likeness (QED) is 0.612. The summed E-state index contributed by atoms with van der Waals surface area (Å²) in [7, 11) is 0. The lowest BCUT2D eigenvalue weighted by molar-refractivity contribution is 0.00600. The maximum atomic E-state index is 13.3. The molecule has 0 aromatic carbocycles. The fraction of sp³-hybridized carbons (Fsp3) is 1.00. The van der Waals surface area contributed by atoms with Gasteiger partial charge in [0.25, 0.3) is 0 Å². The van der Waals surface area contributed by atoms with Crippen LogP contribution in [0, 0.1) is 0 Å². The number of hydrogen-bond donors (Lipinski definition) is 0. The standard InChI is InChI=1S/C10H17FNO/c11-9-2-1-3-10(9)12-6-4-8(13)5-7-12/h8-10H,1-7H2. The van der Waals surface area contributed by atoms with Gasteiger partial charge in [0, 0.05) is 19.1 Å². The molecule has 1 saturated carbocycles. The van der Waals surface area contributed by atoms with Crippen LogP contribution in [-0.4, -0.2) is 36.3 Å². The van der Waals surface area contributed by atoms with E-state index in [0.29, 0.717) is 12.8 Å². The van der Waals surface area contributed by atoms with Crippen LogP contribution < -0.4 is 0 Å². The Morgan fingerprint density at radius 3 is 2.31 bits per heavy atom. The summed E-state index contributed by atoms with van der Waals surface area (Å²) in [6, 6.07) is 0.132. The van der Waals surface area contributed by atoms with Gasteiger partial charge >= 0.3 is 0 Å². The second-order valence-electron chi connectivity index (χ2n) is 4.25. The van der Waals surface area contributed by atoms with Crippen molar-refractivity contribution in [2.24, 2.45) is 0 Å². The van der Waals surface area contributed by atoms with Crippen molar-refractivity contribution >= 4 is 0 Å². The summed E-state index contributed by atoms with van der Waals surface area (Å²) in [5.74, 6) is 0. The molecule has 75 valence electrons. The summed E-state index contributed by atoms with van der Waals surface area (Å²) < 4.78 is 13.3. The molecule has 0 aromatic heterocycles. The van der Waals surface area contributed by atoms with Crippen molar-refractivity contribution in [3.05, 3.63) is 0 Å². The minimum absolute atomic E-state index is 0.132. The summed E-state index contributed by atoms with van der Waals surface area (Å²) in [6.45, 7) is 1.64. The van der Waals surface area contributed by atoms with Crippen LogP contribution in [0.25, 0.3) is 0 Å². The highest BCUT2D eigenvalue weighted by atomic mass is 19.1. The Hall–Kier alpha value is -0.150. The number of piperidine rings is 1. The van der Waals surface area contributed by atoms with Gasteiger partial charge < -0.3 is 0 Å². The Bertz CT molecular complexity index is 168. The minimum atomic E-state index is -0.636. The van der Waals surface area contributed by atoms with E-state index in [2.05, 4.69) is 4.90 Å². The van der Waals surface area contributed by atoms with Gasteiger partial charge in [-0.05, 0) is 32.1 Å². The van der Waals surface area contributed by atoms with Gasteiger partial charge in [0.05, 0.1) is 6.10 Å². The zero-order valence-corrected chi connectivity index (χ0v) is 7.92.